The first kappa shape index (κ1) is 10.6. The van der Waals surface area contributed by atoms with Gasteiger partial charge in [-0.2, -0.15) is 13.2 Å². The molecule has 2 atom stereocenters. The van der Waals surface area contributed by atoms with Crippen LogP contribution in [0.3, 0.4) is 0 Å². The first-order chi connectivity index (χ1) is 5.86. The van der Waals surface area contributed by atoms with Crippen molar-refractivity contribution in [1.29, 1.82) is 0 Å². The quantitative estimate of drug-likeness (QED) is 0.636. The van der Waals surface area contributed by atoms with E-state index in [2.05, 4.69) is 0 Å². The Bertz CT molecular complexity index is 205. The van der Waals surface area contributed by atoms with E-state index in [0.717, 1.165) is 13.3 Å². The molecule has 0 saturated heterocycles. The van der Waals surface area contributed by atoms with E-state index >= 15 is 0 Å². The van der Waals surface area contributed by atoms with Gasteiger partial charge in [0.2, 0.25) is 0 Å². The predicted molar refractivity (Wildman–Crippen MR) is 43.2 cm³/mol. The number of hydrogen-bond donors (Lipinski definition) is 1. The summed E-state index contributed by atoms with van der Waals surface area (Å²) in [5.74, 6) is -0.791. The first-order valence-corrected chi connectivity index (χ1v) is 4.31. The molecule has 0 saturated carbocycles. The number of allylic oxidation sites excluding steroid dienone is 1. The number of rotatable bonds is 1. The van der Waals surface area contributed by atoms with E-state index in [4.69, 9.17) is 0 Å². The third kappa shape index (κ3) is 2.05. The average molecular weight is 194 g/mol. The van der Waals surface area contributed by atoms with Gasteiger partial charge in [0.05, 0.1) is 0 Å². The lowest BCUT2D eigenvalue weighted by Gasteiger charge is -2.34. The second-order valence-electron chi connectivity index (χ2n) is 3.61. The van der Waals surface area contributed by atoms with Crippen LogP contribution in [-0.4, -0.2) is 16.9 Å². The van der Waals surface area contributed by atoms with E-state index in [9.17, 15) is 18.3 Å². The average Bonchev–Trinajstić information content (AvgIpc) is 2.04. The van der Waals surface area contributed by atoms with Crippen LogP contribution in [0.4, 0.5) is 13.2 Å². The van der Waals surface area contributed by atoms with Gasteiger partial charge in [0, 0.05) is 5.92 Å². The van der Waals surface area contributed by atoms with Crippen molar-refractivity contribution in [2.24, 2.45) is 5.92 Å². The summed E-state index contributed by atoms with van der Waals surface area (Å²) in [6, 6.07) is 0. The van der Waals surface area contributed by atoms with Crippen LogP contribution in [0.25, 0.3) is 0 Å². The minimum atomic E-state index is -4.54. The summed E-state index contributed by atoms with van der Waals surface area (Å²) in [6.45, 7) is 0.841. The van der Waals surface area contributed by atoms with Crippen molar-refractivity contribution in [1.82, 2.24) is 0 Å². The molecule has 0 fully saturated rings. The van der Waals surface area contributed by atoms with Crippen LogP contribution in [0.15, 0.2) is 12.2 Å². The maximum atomic E-state index is 12.3. The van der Waals surface area contributed by atoms with E-state index in [0.29, 0.717) is 12.8 Å². The molecular weight excluding hydrogens is 181 g/mol. The van der Waals surface area contributed by atoms with Crippen molar-refractivity contribution in [3.63, 3.8) is 0 Å². The van der Waals surface area contributed by atoms with Crippen LogP contribution < -0.4 is 0 Å². The van der Waals surface area contributed by atoms with Gasteiger partial charge in [-0.3, -0.25) is 0 Å². The fourth-order valence-electron chi connectivity index (χ4n) is 1.49. The van der Waals surface area contributed by atoms with E-state index in [1.165, 1.54) is 6.08 Å². The lowest BCUT2D eigenvalue weighted by Crippen LogP contribution is -2.48. The molecule has 1 aliphatic carbocycles. The molecule has 4 heteroatoms. The molecule has 13 heavy (non-hydrogen) atoms. The van der Waals surface area contributed by atoms with E-state index in [-0.39, 0.29) is 0 Å². The number of aliphatic hydroxyl groups is 1. The Hall–Kier alpha value is -0.510. The Labute approximate surface area is 75.3 Å². The SMILES string of the molecule is CC(O)(C1C=CCCC1)C(F)(F)F. The normalized spacial score (nSPS) is 28.5. The Balaban J connectivity index is 2.79. The fraction of sp³-hybridized carbons (Fsp3) is 0.778. The minimum absolute atomic E-state index is 0.406. The molecule has 2 unspecified atom stereocenters. The number of halogens is 3. The van der Waals surface area contributed by atoms with Gasteiger partial charge in [-0.1, -0.05) is 12.2 Å². The summed E-state index contributed by atoms with van der Waals surface area (Å²) in [4.78, 5) is 0. The van der Waals surface area contributed by atoms with Crippen LogP contribution in [0.1, 0.15) is 26.2 Å². The van der Waals surface area contributed by atoms with Gasteiger partial charge in [-0.15, -0.1) is 0 Å². The first-order valence-electron chi connectivity index (χ1n) is 4.31. The van der Waals surface area contributed by atoms with Gasteiger partial charge in [0.1, 0.15) is 0 Å². The molecule has 1 N–H and O–H groups in total. The molecule has 1 aliphatic rings. The monoisotopic (exact) mass is 194 g/mol. The van der Waals surface area contributed by atoms with Gasteiger partial charge >= 0.3 is 6.18 Å². The maximum Gasteiger partial charge on any atom is 0.417 e. The summed E-state index contributed by atoms with van der Waals surface area (Å²) < 4.78 is 37.0. The number of alkyl halides is 3. The highest BCUT2D eigenvalue weighted by atomic mass is 19.4. The van der Waals surface area contributed by atoms with Gasteiger partial charge in [-0.05, 0) is 26.2 Å². The van der Waals surface area contributed by atoms with Gasteiger partial charge in [-0.25, -0.2) is 0 Å². The van der Waals surface area contributed by atoms with Gasteiger partial charge in [0.25, 0.3) is 0 Å². The molecule has 1 rings (SSSR count). The molecule has 0 aromatic rings. The van der Waals surface area contributed by atoms with Crippen LogP contribution in [0.5, 0.6) is 0 Å². The summed E-state index contributed by atoms with van der Waals surface area (Å²) in [6.07, 6.45) is 0.561. The van der Waals surface area contributed by atoms with Crippen molar-refractivity contribution < 1.29 is 18.3 Å². The fourth-order valence-corrected chi connectivity index (χ4v) is 1.49. The molecule has 0 aromatic carbocycles. The Morgan fingerprint density at radius 2 is 2.00 bits per heavy atom. The van der Waals surface area contributed by atoms with Crippen molar-refractivity contribution in [3.8, 4) is 0 Å². The zero-order valence-corrected chi connectivity index (χ0v) is 7.43. The Morgan fingerprint density at radius 1 is 1.38 bits per heavy atom. The van der Waals surface area contributed by atoms with Crippen LogP contribution in [0, 0.1) is 5.92 Å². The number of hydrogen-bond acceptors (Lipinski definition) is 1. The summed E-state index contributed by atoms with van der Waals surface area (Å²) in [5, 5.41) is 9.30. The third-order valence-corrected chi connectivity index (χ3v) is 2.55. The molecule has 1 nitrogen and oxygen atoms in total. The molecular formula is C9H13F3O. The molecule has 0 aliphatic heterocycles. The second kappa shape index (κ2) is 3.33. The highest BCUT2D eigenvalue weighted by Crippen LogP contribution is 2.40. The van der Waals surface area contributed by atoms with Gasteiger partial charge in [0.15, 0.2) is 5.60 Å². The van der Waals surface area contributed by atoms with E-state index in [1.807, 2.05) is 0 Å². The largest absolute Gasteiger partial charge is 0.417 e. The van der Waals surface area contributed by atoms with Crippen molar-refractivity contribution >= 4 is 0 Å². The third-order valence-electron chi connectivity index (χ3n) is 2.55. The smallest absolute Gasteiger partial charge is 0.380 e. The minimum Gasteiger partial charge on any atom is -0.380 e. The lowest BCUT2D eigenvalue weighted by atomic mass is 9.81. The maximum absolute atomic E-state index is 12.3. The Kier molecular flexibility index (Phi) is 2.71. The second-order valence-corrected chi connectivity index (χ2v) is 3.61. The summed E-state index contributed by atoms with van der Waals surface area (Å²) in [7, 11) is 0. The van der Waals surface area contributed by atoms with E-state index in [1.54, 1.807) is 6.08 Å². The molecule has 76 valence electrons. The molecule has 0 aromatic heterocycles. The molecule has 0 bridgehead atoms. The lowest BCUT2D eigenvalue weighted by molar-refractivity contribution is -0.267. The van der Waals surface area contributed by atoms with E-state index < -0.39 is 17.7 Å². The van der Waals surface area contributed by atoms with Crippen LogP contribution >= 0.6 is 0 Å². The van der Waals surface area contributed by atoms with Crippen molar-refractivity contribution in [3.05, 3.63) is 12.2 Å². The van der Waals surface area contributed by atoms with Crippen LogP contribution in [-0.2, 0) is 0 Å². The zero-order chi connectivity index (χ0) is 10.1. The summed E-state index contributed by atoms with van der Waals surface area (Å²) >= 11 is 0. The highest BCUT2D eigenvalue weighted by Gasteiger charge is 2.53. The Morgan fingerprint density at radius 3 is 2.38 bits per heavy atom. The zero-order valence-electron chi connectivity index (χ0n) is 7.43. The van der Waals surface area contributed by atoms with Crippen molar-refractivity contribution in [2.75, 3.05) is 0 Å². The topological polar surface area (TPSA) is 20.2 Å². The molecule has 0 radical (unpaired) electrons. The molecule has 0 spiro atoms. The van der Waals surface area contributed by atoms with Gasteiger partial charge < -0.3 is 5.11 Å². The summed E-state index contributed by atoms with van der Waals surface area (Å²) in [5.41, 5.74) is -2.58. The standard InChI is InChI=1S/C9H13F3O/c1-8(13,9(10,11)12)7-5-3-2-4-6-7/h3,5,7,13H,2,4,6H2,1H3. The molecule has 0 heterocycles. The van der Waals surface area contributed by atoms with Crippen LogP contribution in [0.2, 0.25) is 0 Å². The van der Waals surface area contributed by atoms with Crippen molar-refractivity contribution in [2.45, 2.75) is 38.0 Å². The highest BCUT2D eigenvalue weighted by molar-refractivity contribution is 5.03. The predicted octanol–water partition coefficient (Wildman–Crippen LogP) is 2.66. The molecule has 0 amide bonds.